The van der Waals surface area contributed by atoms with Crippen LogP contribution < -0.4 is 14.8 Å². The number of aryl methyl sites for hydroxylation is 1. The van der Waals surface area contributed by atoms with Gasteiger partial charge in [-0.05, 0) is 38.1 Å². The number of rotatable bonds is 8. The Morgan fingerprint density at radius 2 is 2.04 bits per heavy atom. The molecule has 1 atom stereocenters. The topological polar surface area (TPSA) is 73.6 Å². The lowest BCUT2D eigenvalue weighted by Gasteiger charge is -2.11. The van der Waals surface area contributed by atoms with Gasteiger partial charge in [-0.3, -0.25) is 4.79 Å². The molecule has 0 spiro atoms. The number of carbonyl (C=O) groups excluding carboxylic acids is 1. The number of aromatic nitrogens is 1. The molecule has 1 N–H and O–H groups in total. The summed E-state index contributed by atoms with van der Waals surface area (Å²) < 4.78 is 15.6. The number of hydrogen-bond donors (Lipinski definition) is 1. The fourth-order valence-electron chi connectivity index (χ4n) is 1.79. The molecule has 0 unspecified atom stereocenters. The van der Waals surface area contributed by atoms with Crippen molar-refractivity contribution < 1.29 is 18.8 Å². The first kappa shape index (κ1) is 17.2. The molecule has 0 saturated carbocycles. The predicted molar refractivity (Wildman–Crippen MR) is 90.3 cm³/mol. The summed E-state index contributed by atoms with van der Waals surface area (Å²) in [6.07, 6.45) is 0. The van der Waals surface area contributed by atoms with E-state index < -0.39 is 0 Å². The smallest absolute Gasteiger partial charge is 0.238 e. The summed E-state index contributed by atoms with van der Waals surface area (Å²) in [6, 6.07) is 9.08. The van der Waals surface area contributed by atoms with Crippen LogP contribution in [0.15, 0.2) is 34.9 Å². The Morgan fingerprint density at radius 1 is 1.35 bits per heavy atom. The highest BCUT2D eigenvalue weighted by Crippen LogP contribution is 2.18. The lowest BCUT2D eigenvalue weighted by atomic mass is 10.3. The predicted octanol–water partition coefficient (Wildman–Crippen LogP) is 3.13. The molecule has 1 aromatic carbocycles. The molecule has 6 nitrogen and oxygen atoms in total. The molecule has 0 fully saturated rings. The number of ether oxygens (including phenoxy) is 2. The van der Waals surface area contributed by atoms with Gasteiger partial charge in [0.2, 0.25) is 5.91 Å². The number of nitrogens with one attached hydrogen (secondary N) is 1. The molecular formula is C16H20N2O4S. The molecule has 2 aromatic rings. The van der Waals surface area contributed by atoms with Gasteiger partial charge in [-0.2, -0.15) is 0 Å². The van der Waals surface area contributed by atoms with Crippen molar-refractivity contribution >= 4 is 23.5 Å². The van der Waals surface area contributed by atoms with Gasteiger partial charge in [-0.15, -0.1) is 11.8 Å². The zero-order chi connectivity index (χ0) is 16.7. The van der Waals surface area contributed by atoms with Crippen LogP contribution in [0, 0.1) is 6.92 Å². The monoisotopic (exact) mass is 336 g/mol. The quantitative estimate of drug-likeness (QED) is 0.747. The van der Waals surface area contributed by atoms with Crippen LogP contribution in [0.5, 0.6) is 11.5 Å². The molecule has 7 heteroatoms. The maximum atomic E-state index is 12.0. The summed E-state index contributed by atoms with van der Waals surface area (Å²) in [4.78, 5) is 12.0. The molecule has 0 aliphatic rings. The van der Waals surface area contributed by atoms with Crippen LogP contribution in [0.2, 0.25) is 0 Å². The summed E-state index contributed by atoms with van der Waals surface area (Å²) in [5.41, 5.74) is 0. The van der Waals surface area contributed by atoms with Crippen LogP contribution in [0.25, 0.3) is 0 Å². The maximum absolute atomic E-state index is 12.0. The zero-order valence-electron chi connectivity index (χ0n) is 13.4. The minimum Gasteiger partial charge on any atom is -0.497 e. The molecule has 0 saturated heterocycles. The van der Waals surface area contributed by atoms with E-state index in [1.807, 2.05) is 31.2 Å². The number of hydrogen-bond acceptors (Lipinski definition) is 6. The van der Waals surface area contributed by atoms with Gasteiger partial charge >= 0.3 is 0 Å². The molecule has 0 radical (unpaired) electrons. The Kier molecular flexibility index (Phi) is 6.34. The molecule has 23 heavy (non-hydrogen) atoms. The summed E-state index contributed by atoms with van der Waals surface area (Å²) in [6.45, 7) is 4.15. The Balaban J connectivity index is 1.67. The van der Waals surface area contributed by atoms with E-state index in [9.17, 15) is 4.79 Å². The molecule has 2 rings (SSSR count). The molecule has 0 aliphatic carbocycles. The number of nitrogens with zero attached hydrogens (tertiary/aromatic N) is 1. The first-order chi connectivity index (χ1) is 11.1. The molecular weight excluding hydrogens is 316 g/mol. The van der Waals surface area contributed by atoms with E-state index in [2.05, 4.69) is 10.5 Å². The Hall–Kier alpha value is -2.15. The van der Waals surface area contributed by atoms with E-state index in [-0.39, 0.29) is 11.2 Å². The van der Waals surface area contributed by atoms with Crippen LogP contribution in [0.3, 0.4) is 0 Å². The fraction of sp³-hybridized carbons (Fsp3) is 0.375. The molecule has 1 heterocycles. The normalized spacial score (nSPS) is 11.8. The third-order valence-electron chi connectivity index (χ3n) is 3.03. The summed E-state index contributed by atoms with van der Waals surface area (Å²) in [5, 5.41) is 6.25. The molecule has 1 amide bonds. The summed E-state index contributed by atoms with van der Waals surface area (Å²) in [5.74, 6) is 3.27. The van der Waals surface area contributed by atoms with Crippen molar-refractivity contribution in [2.45, 2.75) is 19.1 Å². The van der Waals surface area contributed by atoms with Gasteiger partial charge in [0.15, 0.2) is 5.82 Å². The number of thioether (sulfide) groups is 1. The van der Waals surface area contributed by atoms with Crippen molar-refractivity contribution in [1.29, 1.82) is 0 Å². The minimum atomic E-state index is -0.202. The lowest BCUT2D eigenvalue weighted by Crippen LogP contribution is -2.23. The summed E-state index contributed by atoms with van der Waals surface area (Å²) >= 11 is 1.52. The number of anilines is 1. The van der Waals surface area contributed by atoms with Crippen LogP contribution >= 0.6 is 11.8 Å². The van der Waals surface area contributed by atoms with E-state index in [1.165, 1.54) is 11.8 Å². The first-order valence-electron chi connectivity index (χ1n) is 7.21. The van der Waals surface area contributed by atoms with Crippen LogP contribution in [0.4, 0.5) is 5.82 Å². The Bertz CT molecular complexity index is 627. The van der Waals surface area contributed by atoms with E-state index in [0.29, 0.717) is 23.9 Å². The third kappa shape index (κ3) is 5.52. The second-order valence-corrected chi connectivity index (χ2v) is 6.30. The SMILES string of the molecule is COc1ccc(OCCS[C@H](C)C(=O)Nc2cc(C)on2)cc1. The minimum absolute atomic E-state index is 0.104. The lowest BCUT2D eigenvalue weighted by molar-refractivity contribution is -0.115. The van der Waals surface area contributed by atoms with Crippen LogP contribution in [0.1, 0.15) is 12.7 Å². The van der Waals surface area contributed by atoms with Crippen LogP contribution in [-0.2, 0) is 4.79 Å². The van der Waals surface area contributed by atoms with Crippen molar-refractivity contribution in [3.63, 3.8) is 0 Å². The van der Waals surface area contributed by atoms with Crippen molar-refractivity contribution in [3.05, 3.63) is 36.1 Å². The fourth-order valence-corrected chi connectivity index (χ4v) is 2.53. The first-order valence-corrected chi connectivity index (χ1v) is 8.26. The Morgan fingerprint density at radius 3 is 2.65 bits per heavy atom. The highest BCUT2D eigenvalue weighted by molar-refractivity contribution is 8.00. The highest BCUT2D eigenvalue weighted by atomic mass is 32.2. The zero-order valence-corrected chi connectivity index (χ0v) is 14.2. The van der Waals surface area contributed by atoms with Gasteiger partial charge in [0.25, 0.3) is 0 Å². The highest BCUT2D eigenvalue weighted by Gasteiger charge is 2.15. The van der Waals surface area contributed by atoms with E-state index in [0.717, 1.165) is 11.5 Å². The summed E-state index contributed by atoms with van der Waals surface area (Å²) in [7, 11) is 1.62. The van der Waals surface area contributed by atoms with Crippen molar-refractivity contribution in [1.82, 2.24) is 5.16 Å². The van der Waals surface area contributed by atoms with Gasteiger partial charge in [0, 0.05) is 11.8 Å². The van der Waals surface area contributed by atoms with Crippen molar-refractivity contribution in [3.8, 4) is 11.5 Å². The third-order valence-corrected chi connectivity index (χ3v) is 4.14. The second-order valence-electron chi connectivity index (χ2n) is 4.85. The van der Waals surface area contributed by atoms with E-state index in [1.54, 1.807) is 20.1 Å². The Labute approximate surface area is 139 Å². The average molecular weight is 336 g/mol. The van der Waals surface area contributed by atoms with Crippen molar-refractivity contribution in [2.24, 2.45) is 0 Å². The number of carbonyl (C=O) groups is 1. The van der Waals surface area contributed by atoms with E-state index >= 15 is 0 Å². The van der Waals surface area contributed by atoms with Gasteiger partial charge in [0.05, 0.1) is 19.0 Å². The molecule has 1 aromatic heterocycles. The number of benzene rings is 1. The number of amides is 1. The molecule has 0 aliphatic heterocycles. The van der Waals surface area contributed by atoms with Crippen LogP contribution in [-0.4, -0.2) is 35.8 Å². The largest absolute Gasteiger partial charge is 0.497 e. The van der Waals surface area contributed by atoms with Gasteiger partial charge < -0.3 is 19.3 Å². The average Bonchev–Trinajstić information content (AvgIpc) is 2.96. The van der Waals surface area contributed by atoms with Gasteiger partial charge in [-0.25, -0.2) is 0 Å². The van der Waals surface area contributed by atoms with E-state index in [4.69, 9.17) is 14.0 Å². The molecule has 124 valence electrons. The van der Waals surface area contributed by atoms with Gasteiger partial charge in [-0.1, -0.05) is 5.16 Å². The number of methoxy groups -OCH3 is 1. The van der Waals surface area contributed by atoms with Gasteiger partial charge in [0.1, 0.15) is 17.3 Å². The standard InChI is InChI=1S/C16H20N2O4S/c1-11-10-15(18-22-11)17-16(19)12(2)23-9-8-21-14-6-4-13(20-3)5-7-14/h4-7,10,12H,8-9H2,1-3H3,(H,17,18,19)/t12-/m1/s1. The van der Waals surface area contributed by atoms with Crippen molar-refractivity contribution in [2.75, 3.05) is 24.8 Å². The molecule has 0 bridgehead atoms. The second kappa shape index (κ2) is 8.47. The maximum Gasteiger partial charge on any atom is 0.238 e.